The number of nitrogens with zero attached hydrogens (tertiary/aromatic N) is 2. The quantitative estimate of drug-likeness (QED) is 0.361. The molecule has 0 saturated carbocycles. The molecule has 172 valence electrons. The molecule has 4 aliphatic rings. The minimum absolute atomic E-state index is 0.0812. The summed E-state index contributed by atoms with van der Waals surface area (Å²) in [5.41, 5.74) is 7.83. The molecule has 4 aromatic carbocycles. The van der Waals surface area contributed by atoms with Crippen molar-refractivity contribution in [3.8, 4) is 0 Å². The highest BCUT2D eigenvalue weighted by Gasteiger charge is 2.61. The van der Waals surface area contributed by atoms with Crippen molar-refractivity contribution < 1.29 is 9.59 Å². The van der Waals surface area contributed by atoms with Crippen LogP contribution < -0.4 is 9.80 Å². The molecule has 0 aromatic heterocycles. The van der Waals surface area contributed by atoms with Crippen LogP contribution >= 0.6 is 0 Å². The Hall–Kier alpha value is -4.44. The number of carbonyl (C=O) groups is 2. The number of carbonyl (C=O) groups excluding carboxylic acids is 2. The molecule has 4 heterocycles. The molecule has 0 aliphatic carbocycles. The zero-order chi connectivity index (χ0) is 24.0. The zero-order valence-electron chi connectivity index (χ0n) is 19.4. The van der Waals surface area contributed by atoms with E-state index in [0.29, 0.717) is 0 Å². The maximum atomic E-state index is 14.5. The molecule has 0 spiro atoms. The molecule has 4 aromatic rings. The van der Waals surface area contributed by atoms with Gasteiger partial charge in [-0.3, -0.25) is 19.4 Å². The zero-order valence-corrected chi connectivity index (χ0v) is 19.4. The van der Waals surface area contributed by atoms with Crippen LogP contribution in [0.25, 0.3) is 0 Å². The lowest BCUT2D eigenvalue weighted by Crippen LogP contribution is -2.49. The minimum atomic E-state index is -0.399. The molecule has 36 heavy (non-hydrogen) atoms. The van der Waals surface area contributed by atoms with Crippen LogP contribution in [0.15, 0.2) is 121 Å². The fourth-order valence-corrected chi connectivity index (χ4v) is 6.99. The van der Waals surface area contributed by atoms with Crippen LogP contribution in [0.5, 0.6) is 0 Å². The van der Waals surface area contributed by atoms with Gasteiger partial charge in [0.1, 0.15) is 0 Å². The molecule has 8 rings (SSSR count). The first-order chi connectivity index (χ1) is 17.8. The van der Waals surface area contributed by atoms with Gasteiger partial charge in [0.15, 0.2) is 0 Å². The first-order valence-corrected chi connectivity index (χ1v) is 12.5. The molecular weight excluding hydrogens is 444 g/mol. The third-order valence-corrected chi connectivity index (χ3v) is 8.32. The number of hydrogen-bond donors (Lipinski definition) is 0. The summed E-state index contributed by atoms with van der Waals surface area (Å²) in [5, 5.41) is 0. The number of hydrogen-bond acceptors (Lipinski definition) is 2. The second kappa shape index (κ2) is 7.05. The van der Waals surface area contributed by atoms with Crippen molar-refractivity contribution in [3.63, 3.8) is 0 Å². The Labute approximate surface area is 209 Å². The number of amides is 2. The Balaban J connectivity index is 1.48. The van der Waals surface area contributed by atoms with E-state index < -0.39 is 11.8 Å². The Morgan fingerprint density at radius 3 is 1.19 bits per heavy atom. The normalized spacial score (nSPS) is 25.1. The fourth-order valence-electron chi connectivity index (χ4n) is 6.99. The van der Waals surface area contributed by atoms with E-state index in [1.54, 1.807) is 0 Å². The van der Waals surface area contributed by atoms with Crippen molar-refractivity contribution in [1.82, 2.24) is 0 Å². The van der Waals surface area contributed by atoms with Crippen LogP contribution in [0.1, 0.15) is 45.9 Å². The predicted molar refractivity (Wildman–Crippen MR) is 139 cm³/mol. The number of rotatable bonds is 2. The van der Waals surface area contributed by atoms with E-state index >= 15 is 0 Å². The van der Waals surface area contributed by atoms with Crippen molar-refractivity contribution >= 4 is 23.2 Å². The smallest absolute Gasteiger partial charge is 0.239 e. The number of anilines is 2. The lowest BCUT2D eigenvalue weighted by Gasteiger charge is -2.43. The maximum Gasteiger partial charge on any atom is 0.239 e. The standard InChI is InChI=1S/C32H22N2O2/c35-31-25(19-11-3-1-4-12-19)27-21-15-7-9-17-23(21)34-29(27)30-28(22-16-8-10-18-24(22)33(30)31)26(32(34)36)20-13-5-2-6-14-20/h1-18,25-28H. The third-order valence-electron chi connectivity index (χ3n) is 8.32. The van der Waals surface area contributed by atoms with Crippen molar-refractivity contribution in [1.29, 1.82) is 0 Å². The molecule has 4 unspecified atom stereocenters. The molecule has 2 amide bonds. The maximum absolute atomic E-state index is 14.5. The topological polar surface area (TPSA) is 40.6 Å². The van der Waals surface area contributed by atoms with Crippen LogP contribution in [0.4, 0.5) is 11.4 Å². The number of fused-ring (bicyclic) bond motifs is 6. The van der Waals surface area contributed by atoms with Gasteiger partial charge in [-0.05, 0) is 34.4 Å². The van der Waals surface area contributed by atoms with Gasteiger partial charge in [-0.1, -0.05) is 97.1 Å². The van der Waals surface area contributed by atoms with E-state index in [4.69, 9.17) is 0 Å². The molecule has 0 N–H and O–H groups in total. The molecule has 4 aliphatic heterocycles. The summed E-state index contributed by atoms with van der Waals surface area (Å²) >= 11 is 0. The van der Waals surface area contributed by atoms with Gasteiger partial charge >= 0.3 is 0 Å². The first-order valence-electron chi connectivity index (χ1n) is 12.5. The fraction of sp³-hybridized carbons (Fsp3) is 0.125. The average Bonchev–Trinajstić information content (AvgIpc) is 3.45. The molecular formula is C32H22N2O2. The van der Waals surface area contributed by atoms with Crippen molar-refractivity contribution in [2.24, 2.45) is 0 Å². The highest BCUT2D eigenvalue weighted by Crippen LogP contribution is 2.65. The number of allylic oxidation sites excluding steroid dienone is 2. The van der Waals surface area contributed by atoms with Gasteiger partial charge in [-0.25, -0.2) is 0 Å². The Kier molecular flexibility index (Phi) is 3.88. The van der Waals surface area contributed by atoms with Gasteiger partial charge in [-0.2, -0.15) is 0 Å². The third kappa shape index (κ3) is 2.34. The molecule has 0 fully saturated rings. The van der Waals surface area contributed by atoms with E-state index in [0.717, 1.165) is 45.0 Å². The van der Waals surface area contributed by atoms with Crippen LogP contribution in [0, 0.1) is 0 Å². The summed E-state index contributed by atoms with van der Waals surface area (Å²) in [4.78, 5) is 32.9. The second-order valence-corrected chi connectivity index (χ2v) is 9.97. The molecule has 4 atom stereocenters. The molecule has 0 radical (unpaired) electrons. The van der Waals surface area contributed by atoms with Crippen molar-refractivity contribution in [2.45, 2.75) is 23.7 Å². The average molecular weight is 467 g/mol. The monoisotopic (exact) mass is 466 g/mol. The number of para-hydroxylation sites is 2. The Bertz CT molecular complexity index is 1490. The van der Waals surface area contributed by atoms with Crippen molar-refractivity contribution in [2.75, 3.05) is 9.80 Å². The van der Waals surface area contributed by atoms with E-state index in [-0.39, 0.29) is 23.7 Å². The summed E-state index contributed by atoms with van der Waals surface area (Å²) in [5.74, 6) is -1.02. The summed E-state index contributed by atoms with van der Waals surface area (Å²) < 4.78 is 0. The summed E-state index contributed by atoms with van der Waals surface area (Å²) in [6.45, 7) is 0. The molecule has 0 saturated heterocycles. The largest absolute Gasteiger partial charge is 0.282 e. The van der Waals surface area contributed by atoms with Crippen LogP contribution in [0.3, 0.4) is 0 Å². The molecule has 4 heteroatoms. The minimum Gasteiger partial charge on any atom is -0.282 e. The van der Waals surface area contributed by atoms with E-state index in [2.05, 4.69) is 12.1 Å². The van der Waals surface area contributed by atoms with Gasteiger partial charge < -0.3 is 0 Å². The first kappa shape index (κ1) is 19.8. The SMILES string of the molecule is O=C1C(c2ccccc2)C2C3=C4C(c5ccccc5N14)C(c1ccccc1)C(=O)N3c1ccccc12. The van der Waals surface area contributed by atoms with E-state index in [9.17, 15) is 9.59 Å². The summed E-state index contributed by atoms with van der Waals surface area (Å²) in [6, 6.07) is 36.3. The van der Waals surface area contributed by atoms with Crippen LogP contribution in [-0.4, -0.2) is 11.8 Å². The van der Waals surface area contributed by atoms with Gasteiger partial charge in [-0.15, -0.1) is 0 Å². The molecule has 0 bridgehead atoms. The van der Waals surface area contributed by atoms with Crippen LogP contribution in [-0.2, 0) is 9.59 Å². The predicted octanol–water partition coefficient (Wildman–Crippen LogP) is 6.05. The Morgan fingerprint density at radius 2 is 0.778 bits per heavy atom. The Morgan fingerprint density at radius 1 is 0.417 bits per heavy atom. The van der Waals surface area contributed by atoms with Gasteiger partial charge in [0.25, 0.3) is 0 Å². The highest BCUT2D eigenvalue weighted by molar-refractivity contribution is 6.14. The van der Waals surface area contributed by atoms with Crippen molar-refractivity contribution in [3.05, 3.63) is 143 Å². The summed E-state index contributed by atoms with van der Waals surface area (Å²) in [6.07, 6.45) is 0. The van der Waals surface area contributed by atoms with E-state index in [1.807, 2.05) is 107 Å². The second-order valence-electron chi connectivity index (χ2n) is 9.97. The van der Waals surface area contributed by atoms with Gasteiger partial charge in [0, 0.05) is 11.8 Å². The lowest BCUT2D eigenvalue weighted by molar-refractivity contribution is -0.122. The number of benzene rings is 4. The van der Waals surface area contributed by atoms with E-state index in [1.165, 1.54) is 0 Å². The summed E-state index contributed by atoms with van der Waals surface area (Å²) in [7, 11) is 0. The van der Waals surface area contributed by atoms with Gasteiger partial charge in [0.2, 0.25) is 11.8 Å². The lowest BCUT2D eigenvalue weighted by atomic mass is 9.72. The molecule has 4 nitrogen and oxygen atoms in total. The van der Waals surface area contributed by atoms with Gasteiger partial charge in [0.05, 0.1) is 34.6 Å². The van der Waals surface area contributed by atoms with Crippen LogP contribution in [0.2, 0.25) is 0 Å². The highest BCUT2D eigenvalue weighted by atomic mass is 16.2.